The van der Waals surface area contributed by atoms with E-state index in [-0.39, 0.29) is 6.61 Å². The first-order valence-corrected chi connectivity index (χ1v) is 5.77. The molecule has 3 N–H and O–H groups in total. The highest BCUT2D eigenvalue weighted by Crippen LogP contribution is 2.39. The van der Waals surface area contributed by atoms with Gasteiger partial charge in [0.25, 0.3) is 0 Å². The van der Waals surface area contributed by atoms with Gasteiger partial charge in [0, 0.05) is 12.4 Å². The molecule has 1 atom stereocenters. The Balaban J connectivity index is 2.20. The van der Waals surface area contributed by atoms with Crippen LogP contribution in [0.15, 0.2) is 0 Å². The molecule has 0 radical (unpaired) electrons. The summed E-state index contributed by atoms with van der Waals surface area (Å²) in [5, 5.41) is 17.5. The first-order chi connectivity index (χ1) is 6.23. The smallest absolute Gasteiger partial charge is 0.116 e. The van der Waals surface area contributed by atoms with Crippen LogP contribution in [0.3, 0.4) is 0 Å². The second kappa shape index (κ2) is 4.85. The Hall–Kier alpha value is -0.240. The van der Waals surface area contributed by atoms with Gasteiger partial charge in [0.15, 0.2) is 0 Å². The van der Waals surface area contributed by atoms with E-state index in [2.05, 4.69) is 6.07 Å². The Kier molecular flexibility index (Phi) is 4.04. The van der Waals surface area contributed by atoms with Gasteiger partial charge >= 0.3 is 0 Å². The number of thioether (sulfide) groups is 1. The fourth-order valence-corrected chi connectivity index (χ4v) is 2.36. The van der Waals surface area contributed by atoms with Crippen molar-refractivity contribution in [2.45, 2.75) is 24.8 Å². The van der Waals surface area contributed by atoms with Crippen molar-refractivity contribution < 1.29 is 5.11 Å². The van der Waals surface area contributed by atoms with Crippen molar-refractivity contribution >= 4 is 11.8 Å². The van der Waals surface area contributed by atoms with Crippen LogP contribution in [0.5, 0.6) is 0 Å². The molecule has 4 heteroatoms. The second-order valence-corrected chi connectivity index (χ2v) is 4.66. The SMILES string of the molecule is N#CC(N)(CSCCCO)C1CC1. The van der Waals surface area contributed by atoms with Crippen molar-refractivity contribution in [3.8, 4) is 6.07 Å². The molecule has 0 aromatic heterocycles. The Labute approximate surface area is 83.3 Å². The molecular formula is C9H16N2OS. The lowest BCUT2D eigenvalue weighted by molar-refractivity contribution is 0.296. The number of aliphatic hydroxyl groups is 1. The molecule has 1 fully saturated rings. The quantitative estimate of drug-likeness (QED) is 0.620. The highest BCUT2D eigenvalue weighted by atomic mass is 32.2. The highest BCUT2D eigenvalue weighted by Gasteiger charge is 2.42. The van der Waals surface area contributed by atoms with Crippen molar-refractivity contribution in [1.29, 1.82) is 5.26 Å². The van der Waals surface area contributed by atoms with E-state index in [9.17, 15) is 0 Å². The lowest BCUT2D eigenvalue weighted by Crippen LogP contribution is -2.43. The monoisotopic (exact) mass is 200 g/mol. The standard InChI is InChI=1S/C9H16N2OS/c10-6-9(11,8-2-3-8)7-13-5-1-4-12/h8,12H,1-5,7,11H2. The maximum Gasteiger partial charge on any atom is 0.116 e. The second-order valence-electron chi connectivity index (χ2n) is 3.56. The Morgan fingerprint density at radius 3 is 2.77 bits per heavy atom. The molecule has 0 amide bonds. The molecule has 0 heterocycles. The molecule has 0 bridgehead atoms. The Bertz CT molecular complexity index is 200. The Morgan fingerprint density at radius 2 is 2.31 bits per heavy atom. The van der Waals surface area contributed by atoms with Crippen molar-refractivity contribution in [2.24, 2.45) is 11.7 Å². The zero-order valence-corrected chi connectivity index (χ0v) is 8.52. The number of nitriles is 1. The van der Waals surface area contributed by atoms with Crippen molar-refractivity contribution in [1.82, 2.24) is 0 Å². The first kappa shape index (κ1) is 10.8. The van der Waals surface area contributed by atoms with Gasteiger partial charge in [-0.15, -0.1) is 0 Å². The van der Waals surface area contributed by atoms with Gasteiger partial charge in [-0.25, -0.2) is 0 Å². The zero-order chi connectivity index (χ0) is 9.73. The molecule has 74 valence electrons. The van der Waals surface area contributed by atoms with Crippen molar-refractivity contribution in [3.63, 3.8) is 0 Å². The highest BCUT2D eigenvalue weighted by molar-refractivity contribution is 7.99. The minimum absolute atomic E-state index is 0.223. The predicted octanol–water partition coefficient (Wildman–Crippen LogP) is 0.733. The van der Waals surface area contributed by atoms with Crippen LogP contribution in [0.2, 0.25) is 0 Å². The average Bonchev–Trinajstić information content (AvgIpc) is 2.95. The summed E-state index contributed by atoms with van der Waals surface area (Å²) in [6.07, 6.45) is 2.99. The maximum atomic E-state index is 8.91. The summed E-state index contributed by atoms with van der Waals surface area (Å²) in [5.74, 6) is 2.01. The van der Waals surface area contributed by atoms with Gasteiger partial charge in [0.2, 0.25) is 0 Å². The van der Waals surface area contributed by atoms with Gasteiger partial charge in [-0.1, -0.05) is 0 Å². The maximum absolute atomic E-state index is 8.91. The average molecular weight is 200 g/mol. The molecule has 1 rings (SSSR count). The topological polar surface area (TPSA) is 70.0 Å². The molecule has 13 heavy (non-hydrogen) atoms. The molecule has 1 saturated carbocycles. The molecule has 3 nitrogen and oxygen atoms in total. The molecule has 0 spiro atoms. The molecular weight excluding hydrogens is 184 g/mol. The van der Waals surface area contributed by atoms with Crippen LogP contribution in [-0.2, 0) is 0 Å². The van der Waals surface area contributed by atoms with E-state index in [1.54, 1.807) is 11.8 Å². The van der Waals surface area contributed by atoms with Gasteiger partial charge in [-0.2, -0.15) is 17.0 Å². The van der Waals surface area contributed by atoms with Gasteiger partial charge in [0.05, 0.1) is 6.07 Å². The minimum atomic E-state index is -0.611. The first-order valence-electron chi connectivity index (χ1n) is 4.61. The lowest BCUT2D eigenvalue weighted by atomic mass is 10.00. The van der Waals surface area contributed by atoms with Gasteiger partial charge in [-0.3, -0.25) is 0 Å². The van der Waals surface area contributed by atoms with Crippen LogP contribution in [0.25, 0.3) is 0 Å². The third-order valence-corrected chi connectivity index (χ3v) is 3.56. The number of nitrogens with two attached hydrogens (primary N) is 1. The summed E-state index contributed by atoms with van der Waals surface area (Å²) in [4.78, 5) is 0. The fraction of sp³-hybridized carbons (Fsp3) is 0.889. The van der Waals surface area contributed by atoms with E-state index in [0.717, 1.165) is 25.0 Å². The minimum Gasteiger partial charge on any atom is -0.396 e. The van der Waals surface area contributed by atoms with E-state index in [4.69, 9.17) is 16.1 Å². The van der Waals surface area contributed by atoms with Gasteiger partial charge in [0.1, 0.15) is 5.54 Å². The normalized spacial score (nSPS) is 20.7. The van der Waals surface area contributed by atoms with E-state index in [1.807, 2.05) is 0 Å². The Morgan fingerprint density at radius 1 is 1.62 bits per heavy atom. The molecule has 0 aromatic rings. The van der Waals surface area contributed by atoms with E-state index in [1.165, 1.54) is 0 Å². The van der Waals surface area contributed by atoms with Crippen LogP contribution in [0.4, 0.5) is 0 Å². The van der Waals surface area contributed by atoms with Gasteiger partial charge in [-0.05, 0) is 30.9 Å². The molecule has 1 aliphatic rings. The number of hydrogen-bond donors (Lipinski definition) is 2. The number of aliphatic hydroxyl groups excluding tert-OH is 1. The van der Waals surface area contributed by atoms with Crippen LogP contribution in [0, 0.1) is 17.2 Å². The summed E-state index contributed by atoms with van der Waals surface area (Å²) in [5.41, 5.74) is 5.33. The molecule has 1 unspecified atom stereocenters. The fourth-order valence-electron chi connectivity index (χ4n) is 1.25. The van der Waals surface area contributed by atoms with E-state index < -0.39 is 5.54 Å². The lowest BCUT2D eigenvalue weighted by Gasteiger charge is -2.20. The van der Waals surface area contributed by atoms with Crippen LogP contribution in [0.1, 0.15) is 19.3 Å². The predicted molar refractivity (Wildman–Crippen MR) is 54.3 cm³/mol. The van der Waals surface area contributed by atoms with Crippen molar-refractivity contribution in [3.05, 3.63) is 0 Å². The van der Waals surface area contributed by atoms with Crippen LogP contribution < -0.4 is 5.73 Å². The summed E-state index contributed by atoms with van der Waals surface area (Å²) in [6, 6.07) is 2.21. The molecule has 0 aromatic carbocycles. The van der Waals surface area contributed by atoms with E-state index >= 15 is 0 Å². The van der Waals surface area contributed by atoms with Gasteiger partial charge < -0.3 is 10.8 Å². The van der Waals surface area contributed by atoms with Crippen LogP contribution in [-0.4, -0.2) is 28.8 Å². The summed E-state index contributed by atoms with van der Waals surface area (Å²) >= 11 is 1.67. The molecule has 0 aliphatic heterocycles. The summed E-state index contributed by atoms with van der Waals surface area (Å²) in [7, 11) is 0. The largest absolute Gasteiger partial charge is 0.396 e. The third kappa shape index (κ3) is 3.18. The zero-order valence-electron chi connectivity index (χ0n) is 7.70. The van der Waals surface area contributed by atoms with Crippen LogP contribution >= 0.6 is 11.8 Å². The summed E-state index contributed by atoms with van der Waals surface area (Å²) < 4.78 is 0. The van der Waals surface area contributed by atoms with Crippen molar-refractivity contribution in [2.75, 3.05) is 18.1 Å². The number of nitrogens with zero attached hydrogens (tertiary/aromatic N) is 1. The molecule has 1 aliphatic carbocycles. The van der Waals surface area contributed by atoms with E-state index in [0.29, 0.717) is 11.7 Å². The molecule has 0 saturated heterocycles. The number of rotatable bonds is 6. The summed E-state index contributed by atoms with van der Waals surface area (Å²) in [6.45, 7) is 0.223. The number of hydrogen-bond acceptors (Lipinski definition) is 4. The third-order valence-electron chi connectivity index (χ3n) is 2.30.